The van der Waals surface area contributed by atoms with Crippen molar-refractivity contribution in [3.05, 3.63) is 81.5 Å². The van der Waals surface area contributed by atoms with E-state index in [1.807, 2.05) is 17.0 Å². The van der Waals surface area contributed by atoms with E-state index in [9.17, 15) is 20.0 Å². The number of nitrogens with zero attached hydrogens (tertiary/aromatic N) is 6. The Hall–Kier alpha value is -4.78. The fourth-order valence-corrected chi connectivity index (χ4v) is 3.80. The first kappa shape index (κ1) is 19.2. The van der Waals surface area contributed by atoms with Crippen molar-refractivity contribution in [2.45, 2.75) is 13.1 Å². The molecule has 4 aromatic rings. The zero-order chi connectivity index (χ0) is 22.4. The zero-order valence-electron chi connectivity index (χ0n) is 16.6. The van der Waals surface area contributed by atoms with Crippen LogP contribution in [0.15, 0.2) is 53.7 Å². The van der Waals surface area contributed by atoms with Crippen molar-refractivity contribution in [1.29, 1.82) is 5.26 Å². The van der Waals surface area contributed by atoms with Gasteiger partial charge in [-0.3, -0.25) is 14.3 Å². The van der Waals surface area contributed by atoms with Gasteiger partial charge in [-0.25, -0.2) is 14.8 Å². The third-order valence-electron chi connectivity index (χ3n) is 5.34. The normalized spacial score (nSPS) is 12.5. The number of carboxylic acid groups (broad SMARTS) is 1. The molecule has 0 spiro atoms. The molecule has 5 heterocycles. The molecule has 1 aliphatic rings. The highest BCUT2D eigenvalue weighted by Gasteiger charge is 2.26. The Kier molecular flexibility index (Phi) is 4.30. The van der Waals surface area contributed by atoms with Crippen LogP contribution in [0.1, 0.15) is 27.2 Å². The van der Waals surface area contributed by atoms with Crippen LogP contribution in [0, 0.1) is 11.3 Å². The van der Waals surface area contributed by atoms with E-state index in [2.05, 4.69) is 21.0 Å². The third kappa shape index (κ3) is 3.00. The number of carboxylic acids is 1. The highest BCUT2D eigenvalue weighted by Crippen LogP contribution is 2.30. The molecule has 0 saturated heterocycles. The van der Waals surface area contributed by atoms with Crippen LogP contribution in [0.5, 0.6) is 0 Å². The summed E-state index contributed by atoms with van der Waals surface area (Å²) >= 11 is 0. The summed E-state index contributed by atoms with van der Waals surface area (Å²) in [6, 6.07) is 10.5. The molecule has 10 nitrogen and oxygen atoms in total. The van der Waals surface area contributed by atoms with Gasteiger partial charge in [0, 0.05) is 18.9 Å². The monoisotopic (exact) mass is 425 g/mol. The number of nitrogen functional groups attached to an aromatic ring is 1. The molecule has 10 heteroatoms. The molecule has 0 atom stereocenters. The van der Waals surface area contributed by atoms with E-state index in [0.717, 1.165) is 11.3 Å². The van der Waals surface area contributed by atoms with Gasteiger partial charge in [0.05, 0.1) is 35.1 Å². The van der Waals surface area contributed by atoms with Crippen molar-refractivity contribution in [3.8, 4) is 11.8 Å². The number of rotatable bonds is 3. The van der Waals surface area contributed by atoms with E-state index in [1.54, 1.807) is 18.3 Å². The minimum atomic E-state index is -1.38. The van der Waals surface area contributed by atoms with Gasteiger partial charge in [0.25, 0.3) is 0 Å². The first-order valence-electron chi connectivity index (χ1n) is 9.59. The average molecular weight is 425 g/mol. The van der Waals surface area contributed by atoms with Gasteiger partial charge in [-0.1, -0.05) is 6.07 Å². The molecular weight excluding hydrogens is 410 g/mol. The van der Waals surface area contributed by atoms with Crippen molar-refractivity contribution in [3.63, 3.8) is 0 Å². The lowest BCUT2D eigenvalue weighted by molar-refractivity contribution is 0.0695. The van der Waals surface area contributed by atoms with E-state index in [1.165, 1.54) is 23.0 Å². The molecule has 0 radical (unpaired) electrons. The van der Waals surface area contributed by atoms with E-state index in [-0.39, 0.29) is 16.6 Å². The maximum absolute atomic E-state index is 12.9. The molecule has 0 saturated carbocycles. The van der Waals surface area contributed by atoms with Crippen molar-refractivity contribution < 1.29 is 9.90 Å². The van der Waals surface area contributed by atoms with Gasteiger partial charge in [-0.2, -0.15) is 5.26 Å². The fourth-order valence-electron chi connectivity index (χ4n) is 3.80. The van der Waals surface area contributed by atoms with Crippen LogP contribution in [-0.2, 0) is 13.1 Å². The fraction of sp³-hybridized carbons (Fsp3) is 0.0909. The molecule has 0 fully saturated rings. The van der Waals surface area contributed by atoms with E-state index >= 15 is 0 Å². The van der Waals surface area contributed by atoms with Crippen molar-refractivity contribution in [2.24, 2.45) is 0 Å². The molecule has 0 amide bonds. The summed E-state index contributed by atoms with van der Waals surface area (Å²) in [4.78, 5) is 39.6. The molecule has 1 aliphatic heterocycles. The maximum atomic E-state index is 12.9. The van der Waals surface area contributed by atoms with Gasteiger partial charge in [0.15, 0.2) is 5.65 Å². The van der Waals surface area contributed by atoms with Crippen molar-refractivity contribution >= 4 is 28.6 Å². The van der Waals surface area contributed by atoms with Crippen LogP contribution in [0.25, 0.3) is 16.7 Å². The third-order valence-corrected chi connectivity index (χ3v) is 5.34. The lowest BCUT2D eigenvalue weighted by Gasteiger charge is -2.20. The van der Waals surface area contributed by atoms with Crippen LogP contribution in [-0.4, -0.2) is 30.6 Å². The van der Waals surface area contributed by atoms with Crippen LogP contribution in [0.3, 0.4) is 0 Å². The highest BCUT2D eigenvalue weighted by molar-refractivity contribution is 5.93. The number of aromatic carboxylic acids is 1. The Bertz CT molecular complexity index is 1480. The van der Waals surface area contributed by atoms with Crippen LogP contribution in [0.2, 0.25) is 0 Å². The van der Waals surface area contributed by atoms with Gasteiger partial charge >= 0.3 is 5.97 Å². The standard InChI is InChI=1S/C22H15N7O3/c23-7-13-6-15-19(30)16(22(31)32)10-29(14-3-4-18(24)26-8-14)21(15)27-20(13)28-9-12-2-1-5-25-17(12)11-28/h1-6,8,10H,9,11H2,(H2,24,26)(H,31,32). The molecule has 0 aromatic carbocycles. The zero-order valence-corrected chi connectivity index (χ0v) is 16.6. The molecule has 5 rings (SSSR count). The Morgan fingerprint density at radius 2 is 2.06 bits per heavy atom. The summed E-state index contributed by atoms with van der Waals surface area (Å²) in [5.41, 5.74) is 7.30. The molecule has 156 valence electrons. The number of carbonyl (C=O) groups is 1. The Morgan fingerprint density at radius 1 is 1.22 bits per heavy atom. The number of fused-ring (bicyclic) bond motifs is 2. The van der Waals surface area contributed by atoms with Crippen molar-refractivity contribution in [1.82, 2.24) is 19.5 Å². The van der Waals surface area contributed by atoms with E-state index < -0.39 is 17.0 Å². The predicted octanol–water partition coefficient (Wildman–Crippen LogP) is 1.85. The number of aromatic nitrogens is 4. The Labute approximate surface area is 180 Å². The summed E-state index contributed by atoms with van der Waals surface area (Å²) in [6.07, 6.45) is 4.38. The number of hydrogen-bond donors (Lipinski definition) is 2. The number of pyridine rings is 4. The van der Waals surface area contributed by atoms with Crippen LogP contribution in [0.4, 0.5) is 11.6 Å². The number of anilines is 2. The van der Waals surface area contributed by atoms with Gasteiger partial charge in [-0.05, 0) is 29.8 Å². The second-order valence-corrected chi connectivity index (χ2v) is 7.30. The first-order valence-corrected chi connectivity index (χ1v) is 9.59. The summed E-state index contributed by atoms with van der Waals surface area (Å²) < 4.78 is 1.47. The SMILES string of the molecule is N#Cc1cc2c(=O)c(C(=O)O)cn(-c3ccc(N)nc3)c2nc1N1Cc2cccnc2C1. The molecule has 0 bridgehead atoms. The summed E-state index contributed by atoms with van der Waals surface area (Å²) in [7, 11) is 0. The quantitative estimate of drug-likeness (QED) is 0.501. The number of nitrogens with two attached hydrogens (primary N) is 1. The molecule has 32 heavy (non-hydrogen) atoms. The van der Waals surface area contributed by atoms with Crippen molar-refractivity contribution in [2.75, 3.05) is 10.6 Å². The van der Waals surface area contributed by atoms with E-state index in [4.69, 9.17) is 5.73 Å². The first-order chi connectivity index (χ1) is 15.5. The Balaban J connectivity index is 1.78. The lowest BCUT2D eigenvalue weighted by Crippen LogP contribution is -2.22. The average Bonchev–Trinajstić information content (AvgIpc) is 3.23. The second-order valence-electron chi connectivity index (χ2n) is 7.30. The van der Waals surface area contributed by atoms with Gasteiger partial charge in [-0.15, -0.1) is 0 Å². The number of hydrogen-bond acceptors (Lipinski definition) is 8. The summed E-state index contributed by atoms with van der Waals surface area (Å²) in [5, 5.41) is 19.3. The van der Waals surface area contributed by atoms with Gasteiger partial charge < -0.3 is 15.7 Å². The van der Waals surface area contributed by atoms with E-state index in [0.29, 0.717) is 30.4 Å². The predicted molar refractivity (Wildman–Crippen MR) is 115 cm³/mol. The minimum Gasteiger partial charge on any atom is -0.477 e. The van der Waals surface area contributed by atoms with Crippen LogP contribution < -0.4 is 16.1 Å². The molecule has 3 N–H and O–H groups in total. The highest BCUT2D eigenvalue weighted by atomic mass is 16.4. The molecule has 0 unspecified atom stereocenters. The molecule has 4 aromatic heterocycles. The number of nitriles is 1. The molecule has 0 aliphatic carbocycles. The molecular formula is C22H15N7O3. The minimum absolute atomic E-state index is 0.0249. The Morgan fingerprint density at radius 3 is 2.75 bits per heavy atom. The van der Waals surface area contributed by atoms with Crippen LogP contribution >= 0.6 is 0 Å². The van der Waals surface area contributed by atoms with Gasteiger partial charge in [0.2, 0.25) is 5.43 Å². The topological polar surface area (TPSA) is 151 Å². The smallest absolute Gasteiger partial charge is 0.341 e. The summed E-state index contributed by atoms with van der Waals surface area (Å²) in [5.74, 6) is -0.698. The lowest BCUT2D eigenvalue weighted by atomic mass is 10.1. The van der Waals surface area contributed by atoms with Gasteiger partial charge in [0.1, 0.15) is 23.3 Å². The maximum Gasteiger partial charge on any atom is 0.341 e. The summed E-state index contributed by atoms with van der Waals surface area (Å²) in [6.45, 7) is 0.974. The largest absolute Gasteiger partial charge is 0.477 e. The second kappa shape index (κ2) is 7.17.